The number of rotatable bonds is 5. The topological polar surface area (TPSA) is 42.5 Å². The lowest BCUT2D eigenvalue weighted by Gasteiger charge is -2.30. The van der Waals surface area contributed by atoms with Crippen LogP contribution < -0.4 is 20.1 Å². The Morgan fingerprint density at radius 1 is 1.27 bits per heavy atom. The maximum atomic E-state index is 5.52. The molecular weight excluding hydrogens is 296 g/mol. The molecule has 22 heavy (non-hydrogen) atoms. The summed E-state index contributed by atoms with van der Waals surface area (Å²) in [7, 11) is 1.64. The van der Waals surface area contributed by atoms with Crippen LogP contribution in [-0.2, 0) is 0 Å². The maximum absolute atomic E-state index is 5.52. The highest BCUT2D eigenvalue weighted by atomic mass is 32.1. The number of anilines is 1. The van der Waals surface area contributed by atoms with Gasteiger partial charge in [0, 0.05) is 17.8 Å². The predicted molar refractivity (Wildman–Crippen MR) is 94.9 cm³/mol. The molecule has 1 aliphatic carbocycles. The number of methoxy groups -OCH3 is 1. The molecule has 5 heteroatoms. The van der Waals surface area contributed by atoms with Crippen molar-refractivity contribution >= 4 is 23.0 Å². The third-order valence-corrected chi connectivity index (χ3v) is 4.37. The number of ether oxygens (including phenoxy) is 2. The van der Waals surface area contributed by atoms with E-state index in [0.29, 0.717) is 29.4 Å². The highest BCUT2D eigenvalue weighted by Gasteiger charge is 2.21. The molecule has 1 aromatic carbocycles. The lowest BCUT2D eigenvalue weighted by Crippen LogP contribution is -2.43. The molecular formula is C17H26N2O2S. The molecule has 0 aliphatic heterocycles. The molecule has 1 fully saturated rings. The Morgan fingerprint density at radius 2 is 2.05 bits per heavy atom. The summed E-state index contributed by atoms with van der Waals surface area (Å²) in [6.07, 6.45) is 5.07. The normalized spacial score (nSPS) is 21.0. The van der Waals surface area contributed by atoms with Crippen molar-refractivity contribution in [2.24, 2.45) is 5.92 Å². The molecule has 2 rings (SSSR count). The molecule has 0 bridgehead atoms. The lowest BCUT2D eigenvalue weighted by atomic mass is 9.86. The first kappa shape index (κ1) is 16.9. The Balaban J connectivity index is 1.96. The van der Waals surface area contributed by atoms with Crippen molar-refractivity contribution in [2.45, 2.75) is 45.6 Å². The first-order valence-electron chi connectivity index (χ1n) is 8.02. The Morgan fingerprint density at radius 3 is 2.73 bits per heavy atom. The van der Waals surface area contributed by atoms with E-state index in [2.05, 4.69) is 17.6 Å². The van der Waals surface area contributed by atoms with E-state index in [0.717, 1.165) is 11.4 Å². The zero-order chi connectivity index (χ0) is 15.9. The van der Waals surface area contributed by atoms with E-state index >= 15 is 0 Å². The van der Waals surface area contributed by atoms with Crippen LogP contribution in [0.3, 0.4) is 0 Å². The average molecular weight is 322 g/mol. The van der Waals surface area contributed by atoms with Crippen molar-refractivity contribution in [1.29, 1.82) is 0 Å². The van der Waals surface area contributed by atoms with Crippen LogP contribution in [0.4, 0.5) is 5.69 Å². The number of hydrogen-bond donors (Lipinski definition) is 2. The standard InChI is InChI=1S/C17H26N2O2S/c1-4-21-15-10-9-13(11-16(15)20-3)18-17(22)19-14-8-6-5-7-12(14)2/h9-12,14H,4-8H2,1-3H3,(H2,18,19,22)/t12-,14+/m1/s1. The summed E-state index contributed by atoms with van der Waals surface area (Å²) in [4.78, 5) is 0. The molecule has 0 amide bonds. The van der Waals surface area contributed by atoms with Gasteiger partial charge in [-0.2, -0.15) is 0 Å². The largest absolute Gasteiger partial charge is 0.493 e. The highest BCUT2D eigenvalue weighted by Crippen LogP contribution is 2.30. The van der Waals surface area contributed by atoms with Gasteiger partial charge in [-0.15, -0.1) is 0 Å². The van der Waals surface area contributed by atoms with E-state index in [4.69, 9.17) is 21.7 Å². The van der Waals surface area contributed by atoms with Crippen LogP contribution in [0.15, 0.2) is 18.2 Å². The minimum absolute atomic E-state index is 0.471. The van der Waals surface area contributed by atoms with E-state index in [9.17, 15) is 0 Å². The highest BCUT2D eigenvalue weighted by molar-refractivity contribution is 7.80. The van der Waals surface area contributed by atoms with Crippen molar-refractivity contribution in [3.63, 3.8) is 0 Å². The number of benzene rings is 1. The first-order chi connectivity index (χ1) is 10.6. The van der Waals surface area contributed by atoms with Gasteiger partial charge in [-0.1, -0.05) is 19.8 Å². The van der Waals surface area contributed by atoms with E-state index in [1.54, 1.807) is 7.11 Å². The second-order valence-electron chi connectivity index (χ2n) is 5.77. The van der Waals surface area contributed by atoms with E-state index in [1.165, 1.54) is 25.7 Å². The molecule has 0 aromatic heterocycles. The predicted octanol–water partition coefficient (Wildman–Crippen LogP) is 3.96. The minimum Gasteiger partial charge on any atom is -0.493 e. The molecule has 0 heterocycles. The van der Waals surface area contributed by atoms with E-state index in [-0.39, 0.29) is 0 Å². The Kier molecular flexibility index (Phi) is 6.31. The van der Waals surface area contributed by atoms with Gasteiger partial charge in [0.1, 0.15) is 0 Å². The van der Waals surface area contributed by atoms with Crippen LogP contribution in [0.1, 0.15) is 39.5 Å². The summed E-state index contributed by atoms with van der Waals surface area (Å²) < 4.78 is 10.9. The van der Waals surface area contributed by atoms with E-state index < -0.39 is 0 Å². The van der Waals surface area contributed by atoms with Gasteiger partial charge in [0.25, 0.3) is 0 Å². The van der Waals surface area contributed by atoms with Gasteiger partial charge in [0.15, 0.2) is 16.6 Å². The second kappa shape index (κ2) is 8.22. The quantitative estimate of drug-likeness (QED) is 0.803. The molecule has 122 valence electrons. The van der Waals surface area contributed by atoms with Crippen LogP contribution in [0.25, 0.3) is 0 Å². The fourth-order valence-corrected chi connectivity index (χ4v) is 3.16. The maximum Gasteiger partial charge on any atom is 0.171 e. The van der Waals surface area contributed by atoms with Crippen molar-refractivity contribution in [1.82, 2.24) is 5.32 Å². The summed E-state index contributed by atoms with van der Waals surface area (Å²) >= 11 is 5.44. The summed E-state index contributed by atoms with van der Waals surface area (Å²) in [5, 5.41) is 7.35. The molecule has 1 saturated carbocycles. The Labute approximate surface area is 138 Å². The fourth-order valence-electron chi connectivity index (χ4n) is 2.89. The van der Waals surface area contributed by atoms with Crippen molar-refractivity contribution in [3.05, 3.63) is 18.2 Å². The second-order valence-corrected chi connectivity index (χ2v) is 6.17. The number of nitrogens with one attached hydrogen (secondary N) is 2. The SMILES string of the molecule is CCOc1ccc(NC(=S)N[C@H]2CCCC[C@H]2C)cc1OC. The average Bonchev–Trinajstić information content (AvgIpc) is 2.51. The van der Waals surface area contributed by atoms with Gasteiger partial charge in [0.05, 0.1) is 13.7 Å². The molecule has 0 radical (unpaired) electrons. The third-order valence-electron chi connectivity index (χ3n) is 4.15. The number of thiocarbonyl (C=S) groups is 1. The molecule has 4 nitrogen and oxygen atoms in total. The van der Waals surface area contributed by atoms with Gasteiger partial charge in [-0.25, -0.2) is 0 Å². The molecule has 1 aliphatic rings. The molecule has 0 saturated heterocycles. The van der Waals surface area contributed by atoms with Gasteiger partial charge in [-0.3, -0.25) is 0 Å². The zero-order valence-electron chi connectivity index (χ0n) is 13.6. The van der Waals surface area contributed by atoms with Crippen LogP contribution in [0.2, 0.25) is 0 Å². The van der Waals surface area contributed by atoms with Gasteiger partial charge >= 0.3 is 0 Å². The van der Waals surface area contributed by atoms with Crippen molar-refractivity contribution in [3.8, 4) is 11.5 Å². The molecule has 0 unspecified atom stereocenters. The van der Waals surface area contributed by atoms with Gasteiger partial charge < -0.3 is 20.1 Å². The summed E-state index contributed by atoms with van der Waals surface area (Å²) in [5.74, 6) is 2.12. The van der Waals surface area contributed by atoms with Crippen LogP contribution in [0.5, 0.6) is 11.5 Å². The summed E-state index contributed by atoms with van der Waals surface area (Å²) in [6.45, 7) is 4.86. The van der Waals surface area contributed by atoms with Crippen LogP contribution in [-0.4, -0.2) is 24.9 Å². The minimum atomic E-state index is 0.471. The third kappa shape index (κ3) is 4.50. The van der Waals surface area contributed by atoms with Gasteiger partial charge in [-0.05, 0) is 50.0 Å². The van der Waals surface area contributed by atoms with Crippen molar-refractivity contribution < 1.29 is 9.47 Å². The Bertz CT molecular complexity index is 507. The zero-order valence-corrected chi connectivity index (χ0v) is 14.5. The summed E-state index contributed by atoms with van der Waals surface area (Å²) in [5.41, 5.74) is 0.904. The van der Waals surface area contributed by atoms with E-state index in [1.807, 2.05) is 25.1 Å². The smallest absolute Gasteiger partial charge is 0.171 e. The molecule has 0 spiro atoms. The summed E-state index contributed by atoms with van der Waals surface area (Å²) in [6, 6.07) is 6.23. The lowest BCUT2D eigenvalue weighted by molar-refractivity contribution is 0.309. The number of hydrogen-bond acceptors (Lipinski definition) is 3. The first-order valence-corrected chi connectivity index (χ1v) is 8.43. The fraction of sp³-hybridized carbons (Fsp3) is 0.588. The molecule has 2 N–H and O–H groups in total. The molecule has 2 atom stereocenters. The Hall–Kier alpha value is -1.49. The monoisotopic (exact) mass is 322 g/mol. The molecule has 1 aromatic rings. The van der Waals surface area contributed by atoms with Crippen LogP contribution in [0, 0.1) is 5.92 Å². The van der Waals surface area contributed by atoms with Gasteiger partial charge in [0.2, 0.25) is 0 Å². The van der Waals surface area contributed by atoms with Crippen LogP contribution >= 0.6 is 12.2 Å². The van der Waals surface area contributed by atoms with Crippen molar-refractivity contribution in [2.75, 3.05) is 19.0 Å².